The summed E-state index contributed by atoms with van der Waals surface area (Å²) in [6, 6.07) is 2.12. The van der Waals surface area contributed by atoms with Crippen molar-refractivity contribution in [2.75, 3.05) is 27.2 Å². The Kier molecular flexibility index (Phi) is 6.39. The lowest BCUT2D eigenvalue weighted by atomic mass is 10.2. The van der Waals surface area contributed by atoms with Crippen LogP contribution in [0, 0.1) is 6.92 Å². The summed E-state index contributed by atoms with van der Waals surface area (Å²) in [6.07, 6.45) is 0.298. The fourth-order valence-corrected chi connectivity index (χ4v) is 1.79. The lowest BCUT2D eigenvalue weighted by Crippen LogP contribution is -2.23. The quantitative estimate of drug-likeness (QED) is 0.771. The normalized spacial score (nSPS) is 11.7. The maximum absolute atomic E-state index is 5.81. The molecule has 1 rings (SSSR count). The molecular weight excluding hydrogens is 228 g/mol. The van der Waals surface area contributed by atoms with Gasteiger partial charge in [0, 0.05) is 6.54 Å². The number of nitrogens with one attached hydrogen (secondary N) is 1. The van der Waals surface area contributed by atoms with Gasteiger partial charge < -0.3 is 14.5 Å². The molecular formula is C14H26N2O2. The van der Waals surface area contributed by atoms with E-state index in [1.54, 1.807) is 0 Å². The van der Waals surface area contributed by atoms with Crippen molar-refractivity contribution >= 4 is 0 Å². The van der Waals surface area contributed by atoms with Crippen LogP contribution in [0.1, 0.15) is 30.9 Å². The van der Waals surface area contributed by atoms with Gasteiger partial charge in [-0.05, 0) is 46.5 Å². The molecule has 104 valence electrons. The van der Waals surface area contributed by atoms with E-state index in [0.717, 1.165) is 37.8 Å². The first-order valence-corrected chi connectivity index (χ1v) is 6.56. The molecule has 4 heteroatoms. The van der Waals surface area contributed by atoms with Crippen LogP contribution in [0.5, 0.6) is 0 Å². The van der Waals surface area contributed by atoms with E-state index in [0.29, 0.717) is 6.10 Å². The van der Waals surface area contributed by atoms with Gasteiger partial charge in [-0.25, -0.2) is 0 Å². The second-order valence-corrected chi connectivity index (χ2v) is 5.01. The molecule has 1 heterocycles. The van der Waals surface area contributed by atoms with E-state index in [1.807, 2.05) is 7.05 Å². The predicted octanol–water partition coefficient (Wildman–Crippen LogP) is 2.16. The topological polar surface area (TPSA) is 37.6 Å². The van der Waals surface area contributed by atoms with Gasteiger partial charge in [-0.1, -0.05) is 0 Å². The van der Waals surface area contributed by atoms with Gasteiger partial charge in [0.2, 0.25) is 0 Å². The number of furan rings is 1. The first-order chi connectivity index (χ1) is 8.52. The van der Waals surface area contributed by atoms with Crippen molar-refractivity contribution in [1.82, 2.24) is 10.2 Å². The zero-order valence-corrected chi connectivity index (χ0v) is 12.2. The highest BCUT2D eigenvalue weighted by atomic mass is 16.5. The van der Waals surface area contributed by atoms with Gasteiger partial charge in [-0.3, -0.25) is 4.90 Å². The average Bonchev–Trinajstić information content (AvgIpc) is 2.59. The summed E-state index contributed by atoms with van der Waals surface area (Å²) in [5.41, 5.74) is 1.21. The molecule has 0 aliphatic carbocycles. The Morgan fingerprint density at radius 2 is 2.17 bits per heavy atom. The number of ether oxygens (including phenoxy) is 1. The van der Waals surface area contributed by atoms with Crippen molar-refractivity contribution < 1.29 is 9.15 Å². The molecule has 4 nitrogen and oxygen atoms in total. The van der Waals surface area contributed by atoms with Crippen LogP contribution in [-0.4, -0.2) is 38.3 Å². The summed E-state index contributed by atoms with van der Waals surface area (Å²) < 4.78 is 11.3. The third kappa shape index (κ3) is 5.21. The SMILES string of the molecule is CNCc1oc(CN(C)CCOC(C)C)cc1C. The molecule has 0 saturated carbocycles. The Balaban J connectivity index is 2.39. The monoisotopic (exact) mass is 254 g/mol. The number of aryl methyl sites for hydroxylation is 1. The Morgan fingerprint density at radius 1 is 1.44 bits per heavy atom. The van der Waals surface area contributed by atoms with Crippen LogP contribution in [0.2, 0.25) is 0 Å². The highest BCUT2D eigenvalue weighted by molar-refractivity contribution is 5.19. The van der Waals surface area contributed by atoms with Crippen LogP contribution in [0.25, 0.3) is 0 Å². The van der Waals surface area contributed by atoms with E-state index in [4.69, 9.17) is 9.15 Å². The van der Waals surface area contributed by atoms with Crippen molar-refractivity contribution in [2.24, 2.45) is 0 Å². The second kappa shape index (κ2) is 7.56. The van der Waals surface area contributed by atoms with Crippen molar-refractivity contribution in [3.63, 3.8) is 0 Å². The van der Waals surface area contributed by atoms with E-state index in [-0.39, 0.29) is 0 Å². The minimum absolute atomic E-state index is 0.298. The molecule has 1 N–H and O–H groups in total. The summed E-state index contributed by atoms with van der Waals surface area (Å²) in [7, 11) is 4.01. The van der Waals surface area contributed by atoms with E-state index in [1.165, 1.54) is 5.56 Å². The predicted molar refractivity (Wildman–Crippen MR) is 73.6 cm³/mol. The number of rotatable bonds is 8. The molecule has 0 radical (unpaired) electrons. The van der Waals surface area contributed by atoms with E-state index >= 15 is 0 Å². The number of likely N-dealkylation sites (N-methyl/N-ethyl adjacent to an activating group) is 1. The summed E-state index contributed by atoms with van der Waals surface area (Å²) in [4.78, 5) is 2.21. The number of hydrogen-bond acceptors (Lipinski definition) is 4. The van der Waals surface area contributed by atoms with Crippen LogP contribution in [-0.2, 0) is 17.8 Å². The van der Waals surface area contributed by atoms with Crippen molar-refractivity contribution in [1.29, 1.82) is 0 Å². The van der Waals surface area contributed by atoms with Gasteiger partial charge in [-0.15, -0.1) is 0 Å². The molecule has 0 aromatic carbocycles. The Morgan fingerprint density at radius 3 is 2.78 bits per heavy atom. The highest BCUT2D eigenvalue weighted by Crippen LogP contribution is 2.15. The molecule has 1 aromatic heterocycles. The van der Waals surface area contributed by atoms with Crippen LogP contribution in [0.3, 0.4) is 0 Å². The van der Waals surface area contributed by atoms with Gasteiger partial charge in [0.05, 0.1) is 25.8 Å². The molecule has 1 aromatic rings. The minimum atomic E-state index is 0.298. The summed E-state index contributed by atoms with van der Waals surface area (Å²) in [5.74, 6) is 2.05. The minimum Gasteiger partial charge on any atom is -0.463 e. The number of nitrogens with zero attached hydrogens (tertiary/aromatic N) is 1. The molecule has 18 heavy (non-hydrogen) atoms. The molecule has 0 aliphatic heterocycles. The van der Waals surface area contributed by atoms with Crippen LogP contribution in [0.4, 0.5) is 0 Å². The third-order valence-electron chi connectivity index (χ3n) is 2.76. The number of hydrogen-bond donors (Lipinski definition) is 1. The van der Waals surface area contributed by atoms with Crippen molar-refractivity contribution in [3.8, 4) is 0 Å². The maximum atomic E-state index is 5.81. The lowest BCUT2D eigenvalue weighted by Gasteiger charge is -2.16. The molecule has 0 unspecified atom stereocenters. The molecule has 0 spiro atoms. The first kappa shape index (κ1) is 15.2. The largest absolute Gasteiger partial charge is 0.463 e. The van der Waals surface area contributed by atoms with E-state index in [2.05, 4.69) is 44.1 Å². The van der Waals surface area contributed by atoms with Crippen LogP contribution in [0.15, 0.2) is 10.5 Å². The van der Waals surface area contributed by atoms with E-state index < -0.39 is 0 Å². The Hall–Kier alpha value is -0.840. The van der Waals surface area contributed by atoms with Gasteiger partial charge in [0.25, 0.3) is 0 Å². The highest BCUT2D eigenvalue weighted by Gasteiger charge is 2.09. The zero-order valence-electron chi connectivity index (χ0n) is 12.2. The second-order valence-electron chi connectivity index (χ2n) is 5.01. The Bertz CT molecular complexity index is 348. The van der Waals surface area contributed by atoms with Crippen LogP contribution >= 0.6 is 0 Å². The summed E-state index contributed by atoms with van der Waals surface area (Å²) >= 11 is 0. The zero-order chi connectivity index (χ0) is 13.5. The smallest absolute Gasteiger partial charge is 0.120 e. The summed E-state index contributed by atoms with van der Waals surface area (Å²) in [5, 5.41) is 3.11. The Labute approximate surface area is 110 Å². The molecule has 0 aliphatic rings. The third-order valence-corrected chi connectivity index (χ3v) is 2.76. The molecule has 0 bridgehead atoms. The molecule has 0 saturated heterocycles. The van der Waals surface area contributed by atoms with Crippen LogP contribution < -0.4 is 5.32 Å². The van der Waals surface area contributed by atoms with E-state index in [9.17, 15) is 0 Å². The fraction of sp³-hybridized carbons (Fsp3) is 0.714. The van der Waals surface area contributed by atoms with Gasteiger partial charge >= 0.3 is 0 Å². The molecule has 0 fully saturated rings. The molecule has 0 atom stereocenters. The van der Waals surface area contributed by atoms with Gasteiger partial charge in [0.1, 0.15) is 11.5 Å². The van der Waals surface area contributed by atoms with Gasteiger partial charge in [0.15, 0.2) is 0 Å². The summed E-state index contributed by atoms with van der Waals surface area (Å²) in [6.45, 7) is 9.48. The lowest BCUT2D eigenvalue weighted by molar-refractivity contribution is 0.0616. The maximum Gasteiger partial charge on any atom is 0.120 e. The average molecular weight is 254 g/mol. The van der Waals surface area contributed by atoms with Gasteiger partial charge in [-0.2, -0.15) is 0 Å². The molecule has 0 amide bonds. The first-order valence-electron chi connectivity index (χ1n) is 6.56. The fourth-order valence-electron chi connectivity index (χ4n) is 1.79. The van der Waals surface area contributed by atoms with Crippen molar-refractivity contribution in [2.45, 2.75) is 40.0 Å². The standard InChI is InChI=1S/C14H26N2O2/c1-11(2)17-7-6-16(5)10-13-8-12(3)14(18-13)9-15-4/h8,11,15H,6-7,9-10H2,1-5H3. The van der Waals surface area contributed by atoms with Crippen molar-refractivity contribution in [3.05, 3.63) is 23.2 Å².